The second kappa shape index (κ2) is 5.69. The van der Waals surface area contributed by atoms with Crippen molar-refractivity contribution in [1.29, 1.82) is 0 Å². The third kappa shape index (κ3) is 2.71. The first-order valence-corrected chi connectivity index (χ1v) is 6.08. The van der Waals surface area contributed by atoms with Crippen molar-refractivity contribution in [2.75, 3.05) is 31.3 Å². The van der Waals surface area contributed by atoms with Crippen LogP contribution in [-0.4, -0.2) is 25.2 Å². The number of nitrogens with one attached hydrogen (secondary N) is 1. The van der Waals surface area contributed by atoms with Crippen LogP contribution in [0.4, 0.5) is 11.4 Å². The lowest BCUT2D eigenvalue weighted by atomic mass is 10.1. The van der Waals surface area contributed by atoms with Gasteiger partial charge in [-0.2, -0.15) is 0 Å². The van der Waals surface area contributed by atoms with Gasteiger partial charge in [0.15, 0.2) is 0 Å². The molecule has 0 aliphatic carbocycles. The van der Waals surface area contributed by atoms with E-state index in [9.17, 15) is 0 Å². The number of rotatable bonds is 5. The van der Waals surface area contributed by atoms with E-state index in [-0.39, 0.29) is 0 Å². The maximum atomic E-state index is 5.92. The Morgan fingerprint density at radius 3 is 3.00 bits per heavy atom. The second-order valence-corrected chi connectivity index (χ2v) is 4.54. The molecule has 2 aromatic rings. The molecule has 0 fully saturated rings. The van der Waals surface area contributed by atoms with Crippen LogP contribution in [0.5, 0.6) is 0 Å². The van der Waals surface area contributed by atoms with Gasteiger partial charge in [-0.3, -0.25) is 4.98 Å². The quantitative estimate of drug-likeness (QED) is 0.795. The minimum Gasteiger partial charge on any atom is -0.397 e. The van der Waals surface area contributed by atoms with Gasteiger partial charge in [0.25, 0.3) is 0 Å². The SMILES string of the molecule is COCC(C)CNc1ccc(N)c2ncccc12. The van der Waals surface area contributed by atoms with Crippen LogP contribution in [0.1, 0.15) is 6.92 Å². The van der Waals surface area contributed by atoms with E-state index in [1.807, 2.05) is 24.3 Å². The highest BCUT2D eigenvalue weighted by Gasteiger charge is 2.06. The molecule has 4 nitrogen and oxygen atoms in total. The highest BCUT2D eigenvalue weighted by Crippen LogP contribution is 2.26. The molecule has 1 heterocycles. The van der Waals surface area contributed by atoms with Gasteiger partial charge in [-0.25, -0.2) is 0 Å². The van der Waals surface area contributed by atoms with Crippen LogP contribution < -0.4 is 11.1 Å². The van der Waals surface area contributed by atoms with E-state index in [2.05, 4.69) is 17.2 Å². The lowest BCUT2D eigenvalue weighted by Gasteiger charge is -2.14. The molecule has 18 heavy (non-hydrogen) atoms. The van der Waals surface area contributed by atoms with Crippen LogP contribution >= 0.6 is 0 Å². The highest BCUT2D eigenvalue weighted by atomic mass is 16.5. The summed E-state index contributed by atoms with van der Waals surface area (Å²) in [6.07, 6.45) is 1.76. The summed E-state index contributed by atoms with van der Waals surface area (Å²) in [5, 5.41) is 4.48. The molecule has 3 N–H and O–H groups in total. The Bertz CT molecular complexity index is 527. The van der Waals surface area contributed by atoms with Crippen molar-refractivity contribution in [3.05, 3.63) is 30.5 Å². The number of nitrogens with two attached hydrogens (primary N) is 1. The average Bonchev–Trinajstić information content (AvgIpc) is 2.39. The summed E-state index contributed by atoms with van der Waals surface area (Å²) in [5.41, 5.74) is 8.54. The lowest BCUT2D eigenvalue weighted by molar-refractivity contribution is 0.164. The first-order chi connectivity index (χ1) is 8.72. The van der Waals surface area contributed by atoms with Crippen molar-refractivity contribution in [2.45, 2.75) is 6.92 Å². The molecule has 0 saturated carbocycles. The minimum atomic E-state index is 0.458. The van der Waals surface area contributed by atoms with Gasteiger partial charge in [0, 0.05) is 30.9 Å². The van der Waals surface area contributed by atoms with Crippen molar-refractivity contribution in [3.8, 4) is 0 Å². The second-order valence-electron chi connectivity index (χ2n) is 4.54. The largest absolute Gasteiger partial charge is 0.397 e. The van der Waals surface area contributed by atoms with Gasteiger partial charge in [0.05, 0.1) is 17.8 Å². The summed E-state index contributed by atoms with van der Waals surface area (Å²) < 4.78 is 5.13. The third-order valence-corrected chi connectivity index (χ3v) is 2.89. The summed E-state index contributed by atoms with van der Waals surface area (Å²) >= 11 is 0. The zero-order valence-corrected chi connectivity index (χ0v) is 10.8. The Balaban J connectivity index is 2.21. The van der Waals surface area contributed by atoms with Gasteiger partial charge in [-0.15, -0.1) is 0 Å². The predicted octanol–water partition coefficient (Wildman–Crippen LogP) is 2.51. The van der Waals surface area contributed by atoms with Gasteiger partial charge in [-0.05, 0) is 30.2 Å². The van der Waals surface area contributed by atoms with Crippen LogP contribution in [0.25, 0.3) is 10.9 Å². The molecule has 1 unspecified atom stereocenters. The fraction of sp³-hybridized carbons (Fsp3) is 0.357. The standard InChI is InChI=1S/C14H19N3O/c1-10(9-18-2)8-17-13-6-5-12(15)14-11(13)4-3-7-16-14/h3-7,10,17H,8-9,15H2,1-2H3. The Hall–Kier alpha value is -1.81. The van der Waals surface area contributed by atoms with Crippen LogP contribution in [0.15, 0.2) is 30.5 Å². The summed E-state index contributed by atoms with van der Waals surface area (Å²) in [6.45, 7) is 3.76. The van der Waals surface area contributed by atoms with Crippen LogP contribution in [0.3, 0.4) is 0 Å². The Kier molecular flexibility index (Phi) is 3.99. The average molecular weight is 245 g/mol. The Morgan fingerprint density at radius 2 is 2.22 bits per heavy atom. The van der Waals surface area contributed by atoms with Crippen molar-refractivity contribution in [1.82, 2.24) is 4.98 Å². The molecule has 4 heteroatoms. The molecule has 0 saturated heterocycles. The van der Waals surface area contributed by atoms with Crippen molar-refractivity contribution in [3.63, 3.8) is 0 Å². The first kappa shape index (κ1) is 12.6. The number of fused-ring (bicyclic) bond motifs is 1. The van der Waals surface area contributed by atoms with E-state index in [0.717, 1.165) is 29.7 Å². The molecule has 2 rings (SSSR count). The summed E-state index contributed by atoms with van der Waals surface area (Å²) in [6, 6.07) is 7.84. The minimum absolute atomic E-state index is 0.458. The van der Waals surface area contributed by atoms with Crippen LogP contribution in [0, 0.1) is 5.92 Å². The Morgan fingerprint density at radius 1 is 1.39 bits per heavy atom. The number of nitrogens with zero attached hydrogens (tertiary/aromatic N) is 1. The predicted molar refractivity (Wildman–Crippen MR) is 75.7 cm³/mol. The fourth-order valence-electron chi connectivity index (χ4n) is 1.98. The maximum absolute atomic E-state index is 5.92. The van der Waals surface area contributed by atoms with Crippen LogP contribution in [0.2, 0.25) is 0 Å². The van der Waals surface area contributed by atoms with Crippen molar-refractivity contribution >= 4 is 22.3 Å². The molecule has 1 atom stereocenters. The summed E-state index contributed by atoms with van der Waals surface area (Å²) in [5.74, 6) is 0.458. The monoisotopic (exact) mass is 245 g/mol. The molecule has 0 amide bonds. The number of ether oxygens (including phenoxy) is 1. The number of benzene rings is 1. The molecule has 96 valence electrons. The zero-order valence-electron chi connectivity index (χ0n) is 10.8. The molecule has 0 radical (unpaired) electrons. The van der Waals surface area contributed by atoms with E-state index in [4.69, 9.17) is 10.5 Å². The van der Waals surface area contributed by atoms with Gasteiger partial charge < -0.3 is 15.8 Å². The smallest absolute Gasteiger partial charge is 0.0951 e. The highest BCUT2D eigenvalue weighted by molar-refractivity contribution is 5.98. The molecule has 1 aromatic heterocycles. The topological polar surface area (TPSA) is 60.2 Å². The summed E-state index contributed by atoms with van der Waals surface area (Å²) in [4.78, 5) is 4.32. The number of pyridine rings is 1. The van der Waals surface area contributed by atoms with Gasteiger partial charge in [0.2, 0.25) is 0 Å². The molecule has 0 aliphatic rings. The number of hydrogen-bond donors (Lipinski definition) is 2. The normalized spacial score (nSPS) is 12.6. The fourth-order valence-corrected chi connectivity index (χ4v) is 1.98. The van der Waals surface area contributed by atoms with E-state index >= 15 is 0 Å². The van der Waals surface area contributed by atoms with Crippen molar-refractivity contribution in [2.24, 2.45) is 5.92 Å². The molecule has 0 spiro atoms. The number of methoxy groups -OCH3 is 1. The van der Waals surface area contributed by atoms with E-state index in [0.29, 0.717) is 11.6 Å². The van der Waals surface area contributed by atoms with E-state index in [1.165, 1.54) is 0 Å². The summed E-state index contributed by atoms with van der Waals surface area (Å²) in [7, 11) is 1.72. The van der Waals surface area contributed by atoms with Gasteiger partial charge >= 0.3 is 0 Å². The number of anilines is 2. The molecular formula is C14H19N3O. The molecule has 0 bridgehead atoms. The van der Waals surface area contributed by atoms with Crippen LogP contribution in [-0.2, 0) is 4.74 Å². The van der Waals surface area contributed by atoms with E-state index < -0.39 is 0 Å². The molecule has 1 aromatic carbocycles. The maximum Gasteiger partial charge on any atom is 0.0951 e. The Labute approximate surface area is 107 Å². The number of aromatic nitrogens is 1. The van der Waals surface area contributed by atoms with Crippen molar-refractivity contribution < 1.29 is 4.74 Å². The van der Waals surface area contributed by atoms with E-state index in [1.54, 1.807) is 13.3 Å². The zero-order chi connectivity index (χ0) is 13.0. The first-order valence-electron chi connectivity index (χ1n) is 6.08. The molecule has 0 aliphatic heterocycles. The van der Waals surface area contributed by atoms with Gasteiger partial charge in [0.1, 0.15) is 0 Å². The number of nitrogen functional groups attached to an aromatic ring is 1. The third-order valence-electron chi connectivity index (χ3n) is 2.89. The molecular weight excluding hydrogens is 226 g/mol. The van der Waals surface area contributed by atoms with Gasteiger partial charge in [-0.1, -0.05) is 6.92 Å². The number of hydrogen-bond acceptors (Lipinski definition) is 4. The lowest BCUT2D eigenvalue weighted by Crippen LogP contribution is -2.16.